The SMILES string of the molecule is NC(=S)c1ccccc1CS(=O)(=O)N1CCC(O)C1. The van der Waals surface area contributed by atoms with Crippen LogP contribution in [0.3, 0.4) is 0 Å². The van der Waals surface area contributed by atoms with Gasteiger partial charge in [0.05, 0.1) is 11.9 Å². The summed E-state index contributed by atoms with van der Waals surface area (Å²) in [5, 5.41) is 9.42. The lowest BCUT2D eigenvalue weighted by Crippen LogP contribution is -2.31. The molecule has 1 aliphatic heterocycles. The summed E-state index contributed by atoms with van der Waals surface area (Å²) >= 11 is 4.92. The van der Waals surface area contributed by atoms with Crippen LogP contribution in [0.5, 0.6) is 0 Å². The Morgan fingerprint density at radius 3 is 2.74 bits per heavy atom. The fraction of sp³-hybridized carbons (Fsp3) is 0.417. The molecule has 1 unspecified atom stereocenters. The normalized spacial score (nSPS) is 20.6. The van der Waals surface area contributed by atoms with Crippen molar-refractivity contribution in [3.05, 3.63) is 35.4 Å². The minimum Gasteiger partial charge on any atom is -0.392 e. The van der Waals surface area contributed by atoms with Crippen LogP contribution in [0.25, 0.3) is 0 Å². The highest BCUT2D eigenvalue weighted by Gasteiger charge is 2.30. The molecule has 0 bridgehead atoms. The lowest BCUT2D eigenvalue weighted by atomic mass is 10.1. The summed E-state index contributed by atoms with van der Waals surface area (Å²) in [5.41, 5.74) is 6.77. The fourth-order valence-electron chi connectivity index (χ4n) is 2.14. The Morgan fingerprint density at radius 2 is 2.16 bits per heavy atom. The van der Waals surface area contributed by atoms with Crippen LogP contribution in [0.4, 0.5) is 0 Å². The van der Waals surface area contributed by atoms with Crippen molar-refractivity contribution in [2.24, 2.45) is 5.73 Å². The highest BCUT2D eigenvalue weighted by Crippen LogP contribution is 2.19. The molecule has 0 aromatic heterocycles. The van der Waals surface area contributed by atoms with Crippen LogP contribution >= 0.6 is 12.2 Å². The molecular weight excluding hydrogens is 284 g/mol. The molecule has 0 saturated carbocycles. The molecule has 0 spiro atoms. The molecule has 0 aliphatic carbocycles. The molecule has 1 fully saturated rings. The molecule has 0 radical (unpaired) electrons. The first kappa shape index (κ1) is 14.4. The van der Waals surface area contributed by atoms with Gasteiger partial charge >= 0.3 is 0 Å². The Balaban J connectivity index is 2.23. The van der Waals surface area contributed by atoms with E-state index < -0.39 is 16.1 Å². The summed E-state index contributed by atoms with van der Waals surface area (Å²) in [7, 11) is -3.44. The third kappa shape index (κ3) is 3.30. The van der Waals surface area contributed by atoms with Crippen molar-refractivity contribution in [2.45, 2.75) is 18.3 Å². The maximum absolute atomic E-state index is 12.3. The van der Waals surface area contributed by atoms with Gasteiger partial charge in [-0.2, -0.15) is 4.31 Å². The van der Waals surface area contributed by atoms with Crippen LogP contribution in [-0.2, 0) is 15.8 Å². The van der Waals surface area contributed by atoms with Crippen molar-refractivity contribution in [3.63, 3.8) is 0 Å². The number of hydrogen-bond donors (Lipinski definition) is 2. The molecule has 1 aromatic rings. The van der Waals surface area contributed by atoms with Gasteiger partial charge in [0, 0.05) is 18.7 Å². The number of β-amino-alcohol motifs (C(OH)–C–C–N with tert-alkyl or cyclic N) is 1. The van der Waals surface area contributed by atoms with E-state index in [1.807, 2.05) is 0 Å². The first-order valence-electron chi connectivity index (χ1n) is 5.94. The van der Waals surface area contributed by atoms with Crippen molar-refractivity contribution in [1.29, 1.82) is 0 Å². The van der Waals surface area contributed by atoms with Gasteiger partial charge in [-0.15, -0.1) is 0 Å². The number of rotatable bonds is 4. The minimum atomic E-state index is -3.44. The number of thiocarbonyl (C=S) groups is 1. The quantitative estimate of drug-likeness (QED) is 0.777. The maximum atomic E-state index is 12.3. The number of aliphatic hydroxyl groups is 1. The molecule has 5 nitrogen and oxygen atoms in total. The summed E-state index contributed by atoms with van der Waals surface area (Å²) < 4.78 is 25.8. The molecule has 19 heavy (non-hydrogen) atoms. The van der Waals surface area contributed by atoms with E-state index in [4.69, 9.17) is 18.0 Å². The van der Waals surface area contributed by atoms with Crippen LogP contribution in [0.2, 0.25) is 0 Å². The van der Waals surface area contributed by atoms with Crippen LogP contribution in [0.15, 0.2) is 24.3 Å². The zero-order chi connectivity index (χ0) is 14.0. The van der Waals surface area contributed by atoms with E-state index in [1.165, 1.54) is 4.31 Å². The average Bonchev–Trinajstić information content (AvgIpc) is 2.76. The third-order valence-corrected chi connectivity index (χ3v) is 5.15. The first-order chi connectivity index (χ1) is 8.90. The lowest BCUT2D eigenvalue weighted by Gasteiger charge is -2.17. The van der Waals surface area contributed by atoms with Gasteiger partial charge in [-0.3, -0.25) is 0 Å². The molecule has 3 N–H and O–H groups in total. The molecule has 104 valence electrons. The number of aliphatic hydroxyl groups excluding tert-OH is 1. The summed E-state index contributed by atoms with van der Waals surface area (Å²) in [4.78, 5) is 0.187. The molecule has 7 heteroatoms. The van der Waals surface area contributed by atoms with E-state index in [-0.39, 0.29) is 17.3 Å². The van der Waals surface area contributed by atoms with Crippen molar-refractivity contribution in [3.8, 4) is 0 Å². The number of nitrogens with zero attached hydrogens (tertiary/aromatic N) is 1. The number of hydrogen-bond acceptors (Lipinski definition) is 4. The van der Waals surface area contributed by atoms with Gasteiger partial charge in [-0.05, 0) is 12.0 Å². The van der Waals surface area contributed by atoms with Gasteiger partial charge in [-0.25, -0.2) is 8.42 Å². The van der Waals surface area contributed by atoms with Gasteiger partial charge in [-0.1, -0.05) is 36.5 Å². The van der Waals surface area contributed by atoms with Crippen LogP contribution < -0.4 is 5.73 Å². The van der Waals surface area contributed by atoms with Crippen molar-refractivity contribution < 1.29 is 13.5 Å². The van der Waals surface area contributed by atoms with E-state index in [1.54, 1.807) is 24.3 Å². The zero-order valence-electron chi connectivity index (χ0n) is 10.3. The smallest absolute Gasteiger partial charge is 0.218 e. The van der Waals surface area contributed by atoms with E-state index in [0.717, 1.165) is 0 Å². The molecule has 1 aromatic carbocycles. The van der Waals surface area contributed by atoms with Gasteiger partial charge in [0.25, 0.3) is 0 Å². The molecular formula is C12H16N2O3S2. The van der Waals surface area contributed by atoms with E-state index >= 15 is 0 Å². The second-order valence-electron chi connectivity index (χ2n) is 4.58. The summed E-state index contributed by atoms with van der Waals surface area (Å²) in [6.45, 7) is 0.524. The van der Waals surface area contributed by atoms with E-state index in [2.05, 4.69) is 0 Å². The molecule has 0 amide bonds. The molecule has 1 heterocycles. The Morgan fingerprint density at radius 1 is 1.47 bits per heavy atom. The second-order valence-corrected chi connectivity index (χ2v) is 6.99. The zero-order valence-corrected chi connectivity index (χ0v) is 12.0. The highest BCUT2D eigenvalue weighted by atomic mass is 32.2. The van der Waals surface area contributed by atoms with E-state index in [9.17, 15) is 13.5 Å². The summed E-state index contributed by atoms with van der Waals surface area (Å²) in [6.07, 6.45) is -0.0866. The van der Waals surface area contributed by atoms with Gasteiger partial charge in [0.1, 0.15) is 4.99 Å². The number of sulfonamides is 1. The van der Waals surface area contributed by atoms with Gasteiger partial charge in [0.15, 0.2) is 0 Å². The van der Waals surface area contributed by atoms with Gasteiger partial charge in [0.2, 0.25) is 10.0 Å². The van der Waals surface area contributed by atoms with Crippen LogP contribution in [-0.4, -0.2) is 42.0 Å². The lowest BCUT2D eigenvalue weighted by molar-refractivity contribution is 0.189. The number of nitrogens with two attached hydrogens (primary N) is 1. The van der Waals surface area contributed by atoms with Crippen LogP contribution in [0, 0.1) is 0 Å². The molecule has 1 atom stereocenters. The standard InChI is InChI=1S/C12H16N2O3S2/c13-12(18)11-4-2-1-3-9(11)8-19(16,17)14-6-5-10(15)7-14/h1-4,10,15H,5-8H2,(H2,13,18). The van der Waals surface area contributed by atoms with Crippen molar-refractivity contribution in [2.75, 3.05) is 13.1 Å². The maximum Gasteiger partial charge on any atom is 0.218 e. The third-order valence-electron chi connectivity index (χ3n) is 3.14. The first-order valence-corrected chi connectivity index (χ1v) is 7.95. The van der Waals surface area contributed by atoms with Crippen LogP contribution in [0.1, 0.15) is 17.5 Å². The monoisotopic (exact) mass is 300 g/mol. The summed E-state index contributed by atoms with van der Waals surface area (Å²) in [5.74, 6) is -0.146. The van der Waals surface area contributed by atoms with Crippen molar-refractivity contribution >= 4 is 27.2 Å². The van der Waals surface area contributed by atoms with Gasteiger partial charge < -0.3 is 10.8 Å². The Bertz CT molecular complexity index is 586. The Kier molecular flexibility index (Phi) is 4.19. The highest BCUT2D eigenvalue weighted by molar-refractivity contribution is 7.88. The molecule has 2 rings (SSSR count). The second kappa shape index (κ2) is 5.54. The average molecular weight is 300 g/mol. The predicted molar refractivity (Wildman–Crippen MR) is 77.2 cm³/mol. The Hall–Kier alpha value is -1.02. The van der Waals surface area contributed by atoms with Crippen molar-refractivity contribution in [1.82, 2.24) is 4.31 Å². The molecule has 1 saturated heterocycles. The minimum absolute atomic E-state index is 0.146. The molecule has 1 aliphatic rings. The fourth-order valence-corrected chi connectivity index (χ4v) is 3.95. The number of benzene rings is 1. The topological polar surface area (TPSA) is 83.6 Å². The largest absolute Gasteiger partial charge is 0.392 e. The summed E-state index contributed by atoms with van der Waals surface area (Å²) in [6, 6.07) is 6.94. The van der Waals surface area contributed by atoms with E-state index in [0.29, 0.717) is 24.1 Å². The Labute approximate surface area is 118 Å². The predicted octanol–water partition coefficient (Wildman–Crippen LogP) is 0.217.